The zero-order chi connectivity index (χ0) is 16.0. The fourth-order valence-corrected chi connectivity index (χ4v) is 2.22. The van der Waals surface area contributed by atoms with Crippen LogP contribution in [0.4, 0.5) is 5.82 Å². The highest BCUT2D eigenvalue weighted by molar-refractivity contribution is 7.71. The van der Waals surface area contributed by atoms with Crippen LogP contribution < -0.4 is 5.73 Å². The molecule has 21 heavy (non-hydrogen) atoms. The third-order valence-electron chi connectivity index (χ3n) is 2.58. The Morgan fingerprint density at radius 1 is 1.19 bits per heavy atom. The zero-order valence-corrected chi connectivity index (χ0v) is 13.1. The van der Waals surface area contributed by atoms with Crippen molar-refractivity contribution in [2.75, 3.05) is 5.73 Å². The summed E-state index contributed by atoms with van der Waals surface area (Å²) in [6, 6.07) is 10.8. The maximum Gasteiger partial charge on any atom is 0.123 e. The first-order valence-corrected chi connectivity index (χ1v) is 6.99. The molecule has 0 saturated heterocycles. The Kier molecular flexibility index (Phi) is 5.92. The maximum absolute atomic E-state index is 9.22. The van der Waals surface area contributed by atoms with Crippen molar-refractivity contribution in [1.82, 2.24) is 4.98 Å². The van der Waals surface area contributed by atoms with Gasteiger partial charge in [-0.3, -0.25) is 0 Å². The number of benzene rings is 1. The Labute approximate surface area is 133 Å². The molecule has 4 nitrogen and oxygen atoms in total. The van der Waals surface area contributed by atoms with Gasteiger partial charge in [-0.1, -0.05) is 49.8 Å². The van der Waals surface area contributed by atoms with Crippen LogP contribution in [0.1, 0.15) is 25.0 Å². The molecule has 0 amide bonds. The predicted molar refractivity (Wildman–Crippen MR) is 87.3 cm³/mol. The molecule has 0 atom stereocenters. The highest BCUT2D eigenvalue weighted by Crippen LogP contribution is 2.31. The second-order valence-corrected chi connectivity index (χ2v) is 4.57. The van der Waals surface area contributed by atoms with E-state index in [1.165, 1.54) is 0 Å². The van der Waals surface area contributed by atoms with Crippen molar-refractivity contribution < 1.29 is 0 Å². The minimum Gasteiger partial charge on any atom is -0.384 e. The van der Waals surface area contributed by atoms with Gasteiger partial charge < -0.3 is 10.7 Å². The van der Waals surface area contributed by atoms with Crippen molar-refractivity contribution in [1.29, 1.82) is 10.5 Å². The van der Waals surface area contributed by atoms with E-state index < -0.39 is 0 Å². The van der Waals surface area contributed by atoms with Gasteiger partial charge in [0.25, 0.3) is 0 Å². The summed E-state index contributed by atoms with van der Waals surface area (Å²) in [5, 5.41) is 18.9. The first-order chi connectivity index (χ1) is 10.1. The largest absolute Gasteiger partial charge is 0.384 e. The number of nitrogens with one attached hydrogen (secondary N) is 1. The van der Waals surface area contributed by atoms with Crippen molar-refractivity contribution in [3.05, 3.63) is 45.1 Å². The lowest BCUT2D eigenvalue weighted by Gasteiger charge is -2.09. The number of aromatic nitrogens is 1. The van der Waals surface area contributed by atoms with E-state index in [1.807, 2.05) is 26.0 Å². The van der Waals surface area contributed by atoms with Crippen LogP contribution >= 0.6 is 23.8 Å². The normalized spacial score (nSPS) is 9.00. The second kappa shape index (κ2) is 7.44. The van der Waals surface area contributed by atoms with Gasteiger partial charge in [0.15, 0.2) is 0 Å². The third kappa shape index (κ3) is 3.41. The first-order valence-electron chi connectivity index (χ1n) is 6.20. The SMILES string of the molecule is CC.N#Cc1c(N)[nH]c(=S)c(C#N)c1-c1cccc(Cl)c1. The molecule has 3 N–H and O–H groups in total. The summed E-state index contributed by atoms with van der Waals surface area (Å²) in [6.07, 6.45) is 0. The van der Waals surface area contributed by atoms with E-state index in [1.54, 1.807) is 24.3 Å². The van der Waals surface area contributed by atoms with Crippen LogP contribution in [0.2, 0.25) is 5.02 Å². The fraction of sp³-hybridized carbons (Fsp3) is 0.133. The van der Waals surface area contributed by atoms with Crippen molar-refractivity contribution in [2.45, 2.75) is 13.8 Å². The number of rotatable bonds is 1. The quantitative estimate of drug-likeness (QED) is 0.762. The van der Waals surface area contributed by atoms with Crippen molar-refractivity contribution in [2.24, 2.45) is 0 Å². The molecule has 0 radical (unpaired) electrons. The van der Waals surface area contributed by atoms with Gasteiger partial charge in [0, 0.05) is 10.6 Å². The number of halogens is 1. The predicted octanol–water partition coefficient (Wildman–Crippen LogP) is 4.42. The molecule has 1 heterocycles. The lowest BCUT2D eigenvalue weighted by atomic mass is 9.97. The van der Waals surface area contributed by atoms with Gasteiger partial charge in [-0.25, -0.2) is 0 Å². The molecule has 0 spiro atoms. The molecule has 0 aliphatic rings. The molecule has 0 aliphatic carbocycles. The second-order valence-electron chi connectivity index (χ2n) is 3.73. The molecule has 6 heteroatoms. The number of nitrogens with two attached hydrogens (primary N) is 1. The van der Waals surface area contributed by atoms with E-state index in [9.17, 15) is 10.5 Å². The Hall–Kier alpha value is -2.34. The summed E-state index contributed by atoms with van der Waals surface area (Å²) in [4.78, 5) is 2.65. The molecule has 0 saturated carbocycles. The van der Waals surface area contributed by atoms with Gasteiger partial charge in [0.1, 0.15) is 28.2 Å². The van der Waals surface area contributed by atoms with Crippen LogP contribution in [0.5, 0.6) is 0 Å². The number of hydrogen-bond donors (Lipinski definition) is 2. The van der Waals surface area contributed by atoms with Crippen LogP contribution in [0, 0.1) is 27.3 Å². The highest BCUT2D eigenvalue weighted by atomic mass is 35.5. The number of H-pyrrole nitrogens is 1. The molecular formula is C15H13ClN4S. The number of nitrogens with zero attached hydrogens (tertiary/aromatic N) is 2. The summed E-state index contributed by atoms with van der Waals surface area (Å²) < 4.78 is 0.203. The summed E-state index contributed by atoms with van der Waals surface area (Å²) in [5.41, 5.74) is 7.19. The number of nitriles is 2. The molecular weight excluding hydrogens is 304 g/mol. The van der Waals surface area contributed by atoms with E-state index in [0.29, 0.717) is 16.1 Å². The van der Waals surface area contributed by atoms with Gasteiger partial charge >= 0.3 is 0 Å². The fourth-order valence-electron chi connectivity index (χ4n) is 1.78. The van der Waals surface area contributed by atoms with Crippen molar-refractivity contribution in [3.8, 4) is 23.3 Å². The van der Waals surface area contributed by atoms with Crippen LogP contribution in [-0.2, 0) is 0 Å². The van der Waals surface area contributed by atoms with Crippen LogP contribution in [0.25, 0.3) is 11.1 Å². The Morgan fingerprint density at radius 3 is 2.33 bits per heavy atom. The molecule has 0 bridgehead atoms. The number of nitrogen functional groups attached to an aromatic ring is 1. The number of hydrogen-bond acceptors (Lipinski definition) is 4. The van der Waals surface area contributed by atoms with E-state index in [2.05, 4.69) is 4.98 Å². The Balaban J connectivity index is 0.00000106. The Bertz CT molecular complexity index is 797. The average Bonchev–Trinajstić information content (AvgIpc) is 2.48. The molecule has 1 aromatic heterocycles. The molecule has 2 aromatic rings. The number of anilines is 1. The highest BCUT2D eigenvalue weighted by Gasteiger charge is 2.16. The smallest absolute Gasteiger partial charge is 0.123 e. The topological polar surface area (TPSA) is 89.4 Å². The first kappa shape index (κ1) is 16.7. The van der Waals surface area contributed by atoms with Crippen LogP contribution in [0.3, 0.4) is 0 Å². The molecule has 0 aliphatic heterocycles. The lowest BCUT2D eigenvalue weighted by Crippen LogP contribution is -2.01. The van der Waals surface area contributed by atoms with Gasteiger partial charge in [-0.2, -0.15) is 10.5 Å². The Morgan fingerprint density at radius 2 is 1.81 bits per heavy atom. The molecule has 1 aromatic carbocycles. The van der Waals surface area contributed by atoms with E-state index in [0.717, 1.165) is 0 Å². The zero-order valence-electron chi connectivity index (χ0n) is 11.6. The molecule has 0 unspecified atom stereocenters. The van der Waals surface area contributed by atoms with Crippen molar-refractivity contribution >= 4 is 29.6 Å². The van der Waals surface area contributed by atoms with Crippen molar-refractivity contribution in [3.63, 3.8) is 0 Å². The lowest BCUT2D eigenvalue weighted by molar-refractivity contribution is 1.26. The van der Waals surface area contributed by atoms with Crippen LogP contribution in [-0.4, -0.2) is 4.98 Å². The molecule has 106 valence electrons. The molecule has 0 fully saturated rings. The summed E-state index contributed by atoms with van der Waals surface area (Å²) in [5.74, 6) is 0.140. The summed E-state index contributed by atoms with van der Waals surface area (Å²) in [6.45, 7) is 4.00. The van der Waals surface area contributed by atoms with E-state index in [4.69, 9.17) is 29.6 Å². The number of pyridine rings is 1. The summed E-state index contributed by atoms with van der Waals surface area (Å²) in [7, 11) is 0. The van der Waals surface area contributed by atoms with Gasteiger partial charge in [-0.05, 0) is 17.7 Å². The monoisotopic (exact) mass is 316 g/mol. The maximum atomic E-state index is 9.22. The van der Waals surface area contributed by atoms with E-state index in [-0.39, 0.29) is 21.6 Å². The minimum atomic E-state index is 0.140. The van der Waals surface area contributed by atoms with E-state index >= 15 is 0 Å². The van der Waals surface area contributed by atoms with Gasteiger partial charge in [0.05, 0.1) is 5.56 Å². The number of aromatic amines is 1. The standard InChI is InChI=1S/C13H7ClN4S.C2H6/c14-8-3-1-2-7(4-8)11-9(5-15)12(17)18-13(19)10(11)6-16;1-2/h1-4H,(H3,17,18,19);1-2H3. The van der Waals surface area contributed by atoms with Gasteiger partial charge in [0.2, 0.25) is 0 Å². The minimum absolute atomic E-state index is 0.140. The third-order valence-corrected chi connectivity index (χ3v) is 3.12. The summed E-state index contributed by atoms with van der Waals surface area (Å²) >= 11 is 11.0. The van der Waals surface area contributed by atoms with Gasteiger partial charge in [-0.15, -0.1) is 0 Å². The average molecular weight is 317 g/mol. The van der Waals surface area contributed by atoms with Crippen LogP contribution in [0.15, 0.2) is 24.3 Å². The molecule has 2 rings (SSSR count).